The fourth-order valence-corrected chi connectivity index (χ4v) is 7.16. The molecule has 6 rings (SSSR count). The van der Waals surface area contributed by atoms with E-state index < -0.39 is 18.4 Å². The zero-order valence-electron chi connectivity index (χ0n) is 31.4. The van der Waals surface area contributed by atoms with E-state index in [-0.39, 0.29) is 30.6 Å². The number of hydrogen-bond donors (Lipinski definition) is 2. The number of fused-ring (bicyclic) bond motifs is 1. The van der Waals surface area contributed by atoms with Crippen molar-refractivity contribution in [2.45, 2.75) is 64.8 Å². The third kappa shape index (κ3) is 8.95. The van der Waals surface area contributed by atoms with Gasteiger partial charge in [0.05, 0.1) is 42.6 Å². The molecule has 2 aromatic carbocycles. The third-order valence-electron chi connectivity index (χ3n) is 9.25. The molecule has 0 radical (unpaired) electrons. The summed E-state index contributed by atoms with van der Waals surface area (Å²) in [5.41, 5.74) is 4.01. The van der Waals surface area contributed by atoms with Gasteiger partial charge in [-0.05, 0) is 58.4 Å². The van der Waals surface area contributed by atoms with Crippen LogP contribution in [0.3, 0.4) is 0 Å². The monoisotopic (exact) mass is 791 g/mol. The van der Waals surface area contributed by atoms with Gasteiger partial charge in [-0.1, -0.05) is 59.6 Å². The predicted molar refractivity (Wildman–Crippen MR) is 211 cm³/mol. The Labute approximate surface area is 328 Å². The van der Waals surface area contributed by atoms with E-state index in [2.05, 4.69) is 15.7 Å². The van der Waals surface area contributed by atoms with Gasteiger partial charge in [0.1, 0.15) is 16.9 Å². The van der Waals surface area contributed by atoms with Crippen LogP contribution in [-0.4, -0.2) is 74.6 Å². The molecule has 2 N–H and O–H groups in total. The summed E-state index contributed by atoms with van der Waals surface area (Å²) in [4.78, 5) is 44.8. The van der Waals surface area contributed by atoms with E-state index in [9.17, 15) is 18.8 Å². The highest BCUT2D eigenvalue weighted by molar-refractivity contribution is 6.39. The predicted octanol–water partition coefficient (Wildman–Crippen LogP) is 7.21. The Morgan fingerprint density at radius 3 is 2.40 bits per heavy atom. The molecule has 0 unspecified atom stereocenters. The Morgan fingerprint density at radius 1 is 1.05 bits per heavy atom. The van der Waals surface area contributed by atoms with Crippen LogP contribution in [0.25, 0.3) is 39.0 Å². The van der Waals surface area contributed by atoms with Gasteiger partial charge in [-0.25, -0.2) is 14.3 Å². The molecule has 2 amide bonds. The van der Waals surface area contributed by atoms with Gasteiger partial charge in [0.2, 0.25) is 11.8 Å². The molecule has 12 nitrogen and oxygen atoms in total. The molecule has 1 aliphatic rings. The molecule has 0 aliphatic carbocycles. The molecule has 1 fully saturated rings. The second-order valence-corrected chi connectivity index (χ2v) is 15.2. The van der Waals surface area contributed by atoms with E-state index in [1.807, 2.05) is 48.5 Å². The number of hydrogen-bond acceptors (Lipinski definition) is 8. The van der Waals surface area contributed by atoms with Gasteiger partial charge in [0.15, 0.2) is 0 Å². The zero-order valence-corrected chi connectivity index (χ0v) is 32.9. The molecule has 3 aromatic heterocycles. The second-order valence-electron chi connectivity index (χ2n) is 14.4. The zero-order chi connectivity index (χ0) is 39.4. The van der Waals surface area contributed by atoms with Gasteiger partial charge in [-0.3, -0.25) is 18.5 Å². The molecule has 4 heterocycles. The lowest BCUT2D eigenvalue weighted by Crippen LogP contribution is -2.43. The molecule has 1 aliphatic heterocycles. The minimum absolute atomic E-state index is 0.0428. The lowest BCUT2D eigenvalue weighted by molar-refractivity contribution is -0.119. The SMILES string of the molecule is COc1nc(-c2cccc(-c3cccc(-c4cc5c(=O)n(C)c(CNCCCF)nn5c4)c3Cl)c2Cl)ccc1CN(C[C@@H]1CCC(=O)N1)C(=O)OC(C)(C)C. The number of alkyl halides is 1. The van der Waals surface area contributed by atoms with E-state index in [1.54, 1.807) is 49.5 Å². The Morgan fingerprint density at radius 2 is 1.75 bits per heavy atom. The van der Waals surface area contributed by atoms with Crippen molar-refractivity contribution < 1.29 is 23.5 Å². The lowest BCUT2D eigenvalue weighted by atomic mass is 9.97. The molecule has 290 valence electrons. The Balaban J connectivity index is 1.29. The first kappa shape index (κ1) is 39.7. The number of carbonyl (C=O) groups is 2. The van der Waals surface area contributed by atoms with E-state index in [0.29, 0.717) is 98.7 Å². The van der Waals surface area contributed by atoms with Crippen LogP contribution < -0.4 is 20.9 Å². The fourth-order valence-electron chi connectivity index (χ4n) is 6.50. The van der Waals surface area contributed by atoms with Crippen molar-refractivity contribution in [3.05, 3.63) is 92.6 Å². The second kappa shape index (κ2) is 16.8. The molecule has 0 spiro atoms. The summed E-state index contributed by atoms with van der Waals surface area (Å²) in [6, 6.07) is 16.4. The van der Waals surface area contributed by atoms with Crippen LogP contribution in [0.2, 0.25) is 10.0 Å². The van der Waals surface area contributed by atoms with Crippen LogP contribution in [0.5, 0.6) is 5.88 Å². The number of rotatable bonds is 13. The number of benzene rings is 2. The molecule has 1 saturated heterocycles. The first-order valence-electron chi connectivity index (χ1n) is 18.0. The van der Waals surface area contributed by atoms with Crippen LogP contribution in [-0.2, 0) is 29.7 Å². The standard InChI is InChI=1S/C40H44Cl2FN7O5/c1-40(2,3)55-39(53)49(23-26-14-16-34(51)45-26)21-24-13-15-31(46-37(24)54-5)30-12-7-11-29(36(30)42)28-10-6-9-27(35(28)41)25-19-32-38(52)48(4)33(47-50(32)22-25)20-44-18-8-17-43/h6-7,9-13,15,19,22,26,44H,8,14,16-18,20-21,23H2,1-5H3,(H,45,51)/t26-/m0/s1. The Bertz CT molecular complexity index is 2290. The average Bonchev–Trinajstić information content (AvgIpc) is 3.77. The summed E-state index contributed by atoms with van der Waals surface area (Å²) >= 11 is 14.2. The van der Waals surface area contributed by atoms with Gasteiger partial charge in [-0.2, -0.15) is 5.10 Å². The van der Waals surface area contributed by atoms with Crippen LogP contribution in [0.4, 0.5) is 9.18 Å². The summed E-state index contributed by atoms with van der Waals surface area (Å²) in [5, 5.41) is 11.5. The molecule has 15 heteroatoms. The number of carbonyl (C=O) groups excluding carboxylic acids is 2. The van der Waals surface area contributed by atoms with Crippen molar-refractivity contribution in [2.75, 3.05) is 26.9 Å². The fraction of sp³-hybridized carbons (Fsp3) is 0.375. The first-order chi connectivity index (χ1) is 26.3. The molecular weight excluding hydrogens is 748 g/mol. The first-order valence-corrected chi connectivity index (χ1v) is 18.8. The molecule has 1 atom stereocenters. The van der Waals surface area contributed by atoms with Gasteiger partial charge in [-0.15, -0.1) is 0 Å². The van der Waals surface area contributed by atoms with E-state index in [4.69, 9.17) is 37.7 Å². The quantitative estimate of drug-likeness (QED) is 0.120. The van der Waals surface area contributed by atoms with Gasteiger partial charge in [0.25, 0.3) is 5.56 Å². The number of halogens is 3. The molecule has 55 heavy (non-hydrogen) atoms. The molecule has 5 aromatic rings. The minimum atomic E-state index is -0.711. The van der Waals surface area contributed by atoms with Crippen molar-refractivity contribution in [1.29, 1.82) is 0 Å². The number of pyridine rings is 1. The maximum absolute atomic E-state index is 13.3. The number of methoxy groups -OCH3 is 1. The van der Waals surface area contributed by atoms with Crippen molar-refractivity contribution in [2.24, 2.45) is 7.05 Å². The Kier molecular flexibility index (Phi) is 12.1. The van der Waals surface area contributed by atoms with Gasteiger partial charge >= 0.3 is 6.09 Å². The van der Waals surface area contributed by atoms with Crippen molar-refractivity contribution in [1.82, 2.24) is 34.7 Å². The smallest absolute Gasteiger partial charge is 0.410 e. The molecule has 0 saturated carbocycles. The van der Waals surface area contributed by atoms with Crippen molar-refractivity contribution in [3.8, 4) is 39.4 Å². The number of nitrogens with zero attached hydrogens (tertiary/aromatic N) is 5. The molecular formula is C40H44Cl2FN7O5. The topological polar surface area (TPSA) is 132 Å². The summed E-state index contributed by atoms with van der Waals surface area (Å²) in [6.07, 6.45) is 2.66. The third-order valence-corrected chi connectivity index (χ3v) is 10.1. The summed E-state index contributed by atoms with van der Waals surface area (Å²) < 4.78 is 27.0. The van der Waals surface area contributed by atoms with Gasteiger partial charge < -0.3 is 25.0 Å². The van der Waals surface area contributed by atoms with Crippen LogP contribution >= 0.6 is 23.2 Å². The maximum Gasteiger partial charge on any atom is 0.410 e. The van der Waals surface area contributed by atoms with Crippen LogP contribution in [0, 0.1) is 0 Å². The largest absolute Gasteiger partial charge is 0.481 e. The summed E-state index contributed by atoms with van der Waals surface area (Å²) in [6.45, 7) is 6.19. The number of amides is 2. The molecule has 0 bridgehead atoms. The Hall–Kier alpha value is -4.98. The maximum atomic E-state index is 13.3. The highest BCUT2D eigenvalue weighted by Gasteiger charge is 2.29. The highest BCUT2D eigenvalue weighted by atomic mass is 35.5. The summed E-state index contributed by atoms with van der Waals surface area (Å²) in [5.74, 6) is 0.778. The van der Waals surface area contributed by atoms with Gasteiger partial charge in [0, 0.05) is 65.6 Å². The van der Waals surface area contributed by atoms with Crippen LogP contribution in [0.15, 0.2) is 65.6 Å². The van der Waals surface area contributed by atoms with E-state index in [0.717, 1.165) is 0 Å². The number of ether oxygens (including phenoxy) is 2. The van der Waals surface area contributed by atoms with E-state index in [1.165, 1.54) is 11.7 Å². The van der Waals surface area contributed by atoms with Crippen molar-refractivity contribution >= 4 is 40.7 Å². The minimum Gasteiger partial charge on any atom is -0.481 e. The normalized spacial score (nSPS) is 14.3. The number of aromatic nitrogens is 4. The number of nitrogens with one attached hydrogen (secondary N) is 2. The lowest BCUT2D eigenvalue weighted by Gasteiger charge is -2.29. The van der Waals surface area contributed by atoms with Crippen molar-refractivity contribution in [3.63, 3.8) is 0 Å². The highest BCUT2D eigenvalue weighted by Crippen LogP contribution is 2.42. The van der Waals surface area contributed by atoms with Crippen LogP contribution in [0.1, 0.15) is 51.4 Å². The summed E-state index contributed by atoms with van der Waals surface area (Å²) in [7, 11) is 3.17. The average molecular weight is 793 g/mol. The van der Waals surface area contributed by atoms with E-state index >= 15 is 0 Å².